The van der Waals surface area contributed by atoms with E-state index in [9.17, 15) is 22.8 Å². The minimum atomic E-state index is -4.83. The molecule has 1 aromatic rings. The molecule has 26 heavy (non-hydrogen) atoms. The monoisotopic (exact) mass is 372 g/mol. The van der Waals surface area contributed by atoms with Crippen LogP contribution in [0.15, 0.2) is 24.3 Å². The maximum atomic E-state index is 12.4. The SMILES string of the molecule is CCc1ccccc1OCC(=O)NCC1CCN(C(=O)C(F)(F)F)CC1. The molecule has 5 nitrogen and oxygen atoms in total. The van der Waals surface area contributed by atoms with Crippen LogP contribution >= 0.6 is 0 Å². The number of hydrogen-bond donors (Lipinski definition) is 1. The van der Waals surface area contributed by atoms with E-state index >= 15 is 0 Å². The predicted molar refractivity (Wildman–Crippen MR) is 89.7 cm³/mol. The number of carbonyl (C=O) groups is 2. The molecule has 1 aliphatic rings. The van der Waals surface area contributed by atoms with E-state index in [4.69, 9.17) is 4.74 Å². The molecule has 2 amide bonds. The van der Waals surface area contributed by atoms with Crippen molar-refractivity contribution in [2.75, 3.05) is 26.2 Å². The van der Waals surface area contributed by atoms with Crippen molar-refractivity contribution in [3.8, 4) is 5.75 Å². The molecule has 0 atom stereocenters. The van der Waals surface area contributed by atoms with Gasteiger partial charge in [-0.1, -0.05) is 25.1 Å². The Morgan fingerprint density at radius 1 is 1.23 bits per heavy atom. The Morgan fingerprint density at radius 2 is 1.88 bits per heavy atom. The first-order valence-electron chi connectivity index (χ1n) is 8.64. The minimum absolute atomic E-state index is 0.0548. The summed E-state index contributed by atoms with van der Waals surface area (Å²) < 4.78 is 42.7. The van der Waals surface area contributed by atoms with Gasteiger partial charge in [0.1, 0.15) is 5.75 Å². The number of hydrogen-bond acceptors (Lipinski definition) is 3. The summed E-state index contributed by atoms with van der Waals surface area (Å²) in [6, 6.07) is 7.48. The fourth-order valence-electron chi connectivity index (χ4n) is 2.91. The van der Waals surface area contributed by atoms with Gasteiger partial charge in [0.2, 0.25) is 0 Å². The molecule has 2 rings (SSSR count). The van der Waals surface area contributed by atoms with E-state index in [0.717, 1.165) is 16.9 Å². The van der Waals surface area contributed by atoms with Gasteiger partial charge in [0.15, 0.2) is 6.61 Å². The van der Waals surface area contributed by atoms with Crippen molar-refractivity contribution in [2.45, 2.75) is 32.4 Å². The van der Waals surface area contributed by atoms with E-state index in [1.165, 1.54) is 0 Å². The highest BCUT2D eigenvalue weighted by Gasteiger charge is 2.43. The van der Waals surface area contributed by atoms with Crippen molar-refractivity contribution < 1.29 is 27.5 Å². The molecule has 0 bridgehead atoms. The van der Waals surface area contributed by atoms with Crippen LogP contribution in [-0.2, 0) is 16.0 Å². The quantitative estimate of drug-likeness (QED) is 0.835. The number of amides is 2. The second-order valence-electron chi connectivity index (χ2n) is 6.29. The number of nitrogens with one attached hydrogen (secondary N) is 1. The fraction of sp³-hybridized carbons (Fsp3) is 0.556. The van der Waals surface area contributed by atoms with Crippen LogP contribution in [0.25, 0.3) is 0 Å². The Bertz CT molecular complexity index is 626. The van der Waals surface area contributed by atoms with Gasteiger partial charge in [0.25, 0.3) is 5.91 Å². The number of rotatable bonds is 6. The first kappa shape index (κ1) is 20.1. The van der Waals surface area contributed by atoms with E-state index in [2.05, 4.69) is 5.32 Å². The molecule has 1 aromatic carbocycles. The second kappa shape index (κ2) is 8.91. The topological polar surface area (TPSA) is 58.6 Å². The number of benzene rings is 1. The Labute approximate surface area is 150 Å². The van der Waals surface area contributed by atoms with Crippen molar-refractivity contribution in [2.24, 2.45) is 5.92 Å². The van der Waals surface area contributed by atoms with Crippen LogP contribution in [-0.4, -0.2) is 49.1 Å². The van der Waals surface area contributed by atoms with Crippen LogP contribution in [0.2, 0.25) is 0 Å². The maximum absolute atomic E-state index is 12.4. The highest BCUT2D eigenvalue weighted by molar-refractivity contribution is 5.82. The molecule has 1 heterocycles. The summed E-state index contributed by atoms with van der Waals surface area (Å²) in [4.78, 5) is 23.9. The third kappa shape index (κ3) is 5.64. The summed E-state index contributed by atoms with van der Waals surface area (Å²) in [6.45, 7) is 2.37. The molecular formula is C18H23F3N2O3. The van der Waals surface area contributed by atoms with E-state index in [-0.39, 0.29) is 31.5 Å². The number of para-hydroxylation sites is 1. The lowest BCUT2D eigenvalue weighted by Gasteiger charge is -2.32. The molecule has 8 heteroatoms. The average molecular weight is 372 g/mol. The largest absolute Gasteiger partial charge is 0.483 e. The zero-order chi connectivity index (χ0) is 19.2. The van der Waals surface area contributed by atoms with Crippen molar-refractivity contribution >= 4 is 11.8 Å². The van der Waals surface area contributed by atoms with Crippen molar-refractivity contribution in [3.05, 3.63) is 29.8 Å². The van der Waals surface area contributed by atoms with Gasteiger partial charge in [-0.15, -0.1) is 0 Å². The van der Waals surface area contributed by atoms with Gasteiger partial charge in [0, 0.05) is 19.6 Å². The molecular weight excluding hydrogens is 349 g/mol. The van der Waals surface area contributed by atoms with Gasteiger partial charge in [-0.25, -0.2) is 0 Å². The van der Waals surface area contributed by atoms with Crippen molar-refractivity contribution in [1.82, 2.24) is 10.2 Å². The third-order valence-corrected chi connectivity index (χ3v) is 4.44. The van der Waals surface area contributed by atoms with Gasteiger partial charge in [-0.2, -0.15) is 13.2 Å². The smallest absolute Gasteiger partial charge is 0.471 e. The van der Waals surface area contributed by atoms with E-state index < -0.39 is 12.1 Å². The van der Waals surface area contributed by atoms with Crippen LogP contribution in [0.5, 0.6) is 5.75 Å². The zero-order valence-electron chi connectivity index (χ0n) is 14.6. The predicted octanol–water partition coefficient (Wildman–Crippen LogP) is 2.54. The fourth-order valence-corrected chi connectivity index (χ4v) is 2.91. The highest BCUT2D eigenvalue weighted by Crippen LogP contribution is 2.23. The maximum Gasteiger partial charge on any atom is 0.471 e. The molecule has 1 N–H and O–H groups in total. The third-order valence-electron chi connectivity index (χ3n) is 4.44. The Kier molecular flexibility index (Phi) is 6.88. The molecule has 0 saturated carbocycles. The van der Waals surface area contributed by atoms with Gasteiger partial charge in [-0.3, -0.25) is 9.59 Å². The Morgan fingerprint density at radius 3 is 2.50 bits per heavy atom. The van der Waals surface area contributed by atoms with E-state index in [0.29, 0.717) is 25.1 Å². The van der Waals surface area contributed by atoms with Gasteiger partial charge in [-0.05, 0) is 36.8 Å². The molecule has 1 aliphatic heterocycles. The number of ether oxygens (including phenoxy) is 1. The number of nitrogens with zero attached hydrogens (tertiary/aromatic N) is 1. The molecule has 0 aliphatic carbocycles. The van der Waals surface area contributed by atoms with Gasteiger partial charge in [0.05, 0.1) is 0 Å². The molecule has 144 valence electrons. The first-order valence-corrected chi connectivity index (χ1v) is 8.64. The Hall–Kier alpha value is -2.25. The standard InChI is InChI=1S/C18H23F3N2O3/c1-2-14-5-3-4-6-15(14)26-12-16(24)22-11-13-7-9-23(10-8-13)17(25)18(19,20)21/h3-6,13H,2,7-12H2,1H3,(H,22,24). The lowest BCUT2D eigenvalue weighted by atomic mass is 9.96. The molecule has 1 fully saturated rings. The number of piperidine rings is 1. The minimum Gasteiger partial charge on any atom is -0.483 e. The summed E-state index contributed by atoms with van der Waals surface area (Å²) in [5, 5.41) is 2.74. The van der Waals surface area contributed by atoms with Crippen LogP contribution in [0.4, 0.5) is 13.2 Å². The van der Waals surface area contributed by atoms with Gasteiger partial charge < -0.3 is 15.0 Å². The van der Waals surface area contributed by atoms with Crippen LogP contribution < -0.4 is 10.1 Å². The lowest BCUT2D eigenvalue weighted by Crippen LogP contribution is -2.46. The van der Waals surface area contributed by atoms with E-state index in [1.54, 1.807) is 6.07 Å². The van der Waals surface area contributed by atoms with Crippen molar-refractivity contribution in [1.29, 1.82) is 0 Å². The molecule has 0 radical (unpaired) electrons. The van der Waals surface area contributed by atoms with Crippen LogP contribution in [0, 0.1) is 5.92 Å². The normalized spacial score (nSPS) is 15.6. The summed E-state index contributed by atoms with van der Waals surface area (Å²) >= 11 is 0. The summed E-state index contributed by atoms with van der Waals surface area (Å²) in [5.41, 5.74) is 1.02. The molecule has 0 aromatic heterocycles. The summed E-state index contributed by atoms with van der Waals surface area (Å²) in [7, 11) is 0. The average Bonchev–Trinajstić information content (AvgIpc) is 2.64. The second-order valence-corrected chi connectivity index (χ2v) is 6.29. The molecule has 0 unspecified atom stereocenters. The Balaban J connectivity index is 1.70. The lowest BCUT2D eigenvalue weighted by molar-refractivity contribution is -0.186. The molecule has 1 saturated heterocycles. The molecule has 0 spiro atoms. The zero-order valence-corrected chi connectivity index (χ0v) is 14.6. The van der Waals surface area contributed by atoms with E-state index in [1.807, 2.05) is 25.1 Å². The van der Waals surface area contributed by atoms with Crippen LogP contribution in [0.3, 0.4) is 0 Å². The van der Waals surface area contributed by atoms with Crippen molar-refractivity contribution in [3.63, 3.8) is 0 Å². The first-order chi connectivity index (χ1) is 12.3. The number of alkyl halides is 3. The number of aryl methyl sites for hydroxylation is 1. The summed E-state index contributed by atoms with van der Waals surface area (Å²) in [5.74, 6) is -1.34. The number of likely N-dealkylation sites (tertiary alicyclic amines) is 1. The summed E-state index contributed by atoms with van der Waals surface area (Å²) in [6.07, 6.45) is -3.16. The highest BCUT2D eigenvalue weighted by atomic mass is 19.4. The number of carbonyl (C=O) groups excluding carboxylic acids is 2. The van der Waals surface area contributed by atoms with Crippen LogP contribution in [0.1, 0.15) is 25.3 Å². The van der Waals surface area contributed by atoms with Gasteiger partial charge >= 0.3 is 12.1 Å². The number of halogens is 3.